The summed E-state index contributed by atoms with van der Waals surface area (Å²) in [6, 6.07) is 5.12. The molecule has 1 amide bonds. The zero-order valence-electron chi connectivity index (χ0n) is 11.6. The fourth-order valence-electron chi connectivity index (χ4n) is 1.92. The molecule has 7 nitrogen and oxygen atoms in total. The Morgan fingerprint density at radius 2 is 2.24 bits per heavy atom. The summed E-state index contributed by atoms with van der Waals surface area (Å²) in [5.74, 6) is 0.535. The summed E-state index contributed by atoms with van der Waals surface area (Å²) in [6.07, 6.45) is -2.04. The molecule has 1 aromatic carbocycles. The van der Waals surface area contributed by atoms with Gasteiger partial charge in [-0.1, -0.05) is 13.3 Å². The quantitative estimate of drug-likeness (QED) is 0.766. The monoisotopic (exact) mass is 296 g/mol. The second-order valence-electron chi connectivity index (χ2n) is 4.52. The van der Waals surface area contributed by atoms with E-state index in [1.54, 1.807) is 25.1 Å². The minimum Gasteiger partial charge on any atom is -0.492 e. The zero-order valence-corrected chi connectivity index (χ0v) is 11.6. The van der Waals surface area contributed by atoms with E-state index < -0.39 is 12.4 Å². The van der Waals surface area contributed by atoms with Crippen molar-refractivity contribution in [3.8, 4) is 5.75 Å². The number of rotatable bonds is 7. The van der Waals surface area contributed by atoms with Crippen LogP contribution in [0.25, 0.3) is 11.0 Å². The Labute approximate surface area is 120 Å². The molecule has 0 aliphatic carbocycles. The second kappa shape index (κ2) is 6.87. The van der Waals surface area contributed by atoms with Crippen molar-refractivity contribution in [1.82, 2.24) is 20.3 Å². The van der Waals surface area contributed by atoms with Crippen LogP contribution in [0.1, 0.15) is 19.8 Å². The molecule has 0 fully saturated rings. The van der Waals surface area contributed by atoms with Crippen LogP contribution < -0.4 is 4.74 Å². The first kappa shape index (κ1) is 15.0. The number of hydrogen-bond acceptors (Lipinski definition) is 4. The molecule has 8 heteroatoms. The molecule has 1 atom stereocenters. The molecule has 2 aromatic rings. The van der Waals surface area contributed by atoms with Crippen LogP contribution >= 0.6 is 0 Å². The molecule has 1 heterocycles. The van der Waals surface area contributed by atoms with Crippen molar-refractivity contribution >= 4 is 17.1 Å². The minimum absolute atomic E-state index is 0.0344. The number of aromatic amines is 1. The standard InChI is InChI=1S/C13H17FN4O3/c1-2-3-12(14)18(13(19)20)6-7-21-9-4-5-10-11(8-9)16-17-15-10/h4-5,8,12H,2-3,6-7H2,1H3,(H,19,20)(H,15,16,17). The van der Waals surface area contributed by atoms with Crippen LogP contribution in [0.4, 0.5) is 9.18 Å². The molecule has 1 unspecified atom stereocenters. The number of ether oxygens (including phenoxy) is 1. The lowest BCUT2D eigenvalue weighted by Gasteiger charge is -2.23. The summed E-state index contributed by atoms with van der Waals surface area (Å²) in [5.41, 5.74) is 1.36. The lowest BCUT2D eigenvalue weighted by atomic mass is 10.3. The van der Waals surface area contributed by atoms with Gasteiger partial charge in [-0.2, -0.15) is 15.4 Å². The van der Waals surface area contributed by atoms with Crippen LogP contribution in [0.5, 0.6) is 5.75 Å². The van der Waals surface area contributed by atoms with Gasteiger partial charge in [0.2, 0.25) is 0 Å². The van der Waals surface area contributed by atoms with Crippen molar-refractivity contribution in [3.63, 3.8) is 0 Å². The van der Waals surface area contributed by atoms with E-state index in [2.05, 4.69) is 15.4 Å². The van der Waals surface area contributed by atoms with Gasteiger partial charge in [0.05, 0.1) is 6.54 Å². The number of H-pyrrole nitrogens is 1. The molecule has 0 spiro atoms. The highest BCUT2D eigenvalue weighted by atomic mass is 19.1. The van der Waals surface area contributed by atoms with Gasteiger partial charge >= 0.3 is 6.09 Å². The number of carbonyl (C=O) groups is 1. The number of alkyl halides is 1. The molecule has 0 bridgehead atoms. The summed E-state index contributed by atoms with van der Waals surface area (Å²) in [7, 11) is 0. The van der Waals surface area contributed by atoms with E-state index in [0.29, 0.717) is 23.2 Å². The van der Waals surface area contributed by atoms with E-state index in [-0.39, 0.29) is 19.6 Å². The first-order valence-corrected chi connectivity index (χ1v) is 6.68. The molecular weight excluding hydrogens is 279 g/mol. The number of aromatic nitrogens is 3. The van der Waals surface area contributed by atoms with Crippen molar-refractivity contribution < 1.29 is 19.0 Å². The van der Waals surface area contributed by atoms with Gasteiger partial charge in [-0.05, 0) is 18.6 Å². The summed E-state index contributed by atoms with van der Waals surface area (Å²) in [4.78, 5) is 11.8. The lowest BCUT2D eigenvalue weighted by Crippen LogP contribution is -2.39. The van der Waals surface area contributed by atoms with Crippen molar-refractivity contribution in [2.75, 3.05) is 13.2 Å². The largest absolute Gasteiger partial charge is 0.492 e. The summed E-state index contributed by atoms with van der Waals surface area (Å²) < 4.78 is 19.1. The van der Waals surface area contributed by atoms with E-state index in [4.69, 9.17) is 9.84 Å². The van der Waals surface area contributed by atoms with Crippen LogP contribution in [0.15, 0.2) is 18.2 Å². The maximum absolute atomic E-state index is 13.7. The molecule has 0 aliphatic heterocycles. The molecule has 0 radical (unpaired) electrons. The first-order chi connectivity index (χ1) is 10.1. The van der Waals surface area contributed by atoms with Crippen LogP contribution in [0, 0.1) is 0 Å². The van der Waals surface area contributed by atoms with Gasteiger partial charge in [-0.3, -0.25) is 4.90 Å². The predicted octanol–water partition coefficient (Wildman–Crippen LogP) is 2.41. The third-order valence-electron chi connectivity index (χ3n) is 3.00. The highest BCUT2D eigenvalue weighted by Gasteiger charge is 2.21. The van der Waals surface area contributed by atoms with E-state index in [0.717, 1.165) is 4.90 Å². The number of hydrogen-bond donors (Lipinski definition) is 2. The fraction of sp³-hybridized carbons (Fsp3) is 0.462. The van der Waals surface area contributed by atoms with Crippen molar-refractivity contribution in [2.24, 2.45) is 0 Å². The van der Waals surface area contributed by atoms with E-state index >= 15 is 0 Å². The van der Waals surface area contributed by atoms with Gasteiger partial charge in [-0.15, -0.1) is 0 Å². The van der Waals surface area contributed by atoms with Crippen LogP contribution in [0.3, 0.4) is 0 Å². The first-order valence-electron chi connectivity index (χ1n) is 6.68. The van der Waals surface area contributed by atoms with Crippen molar-refractivity contribution in [2.45, 2.75) is 26.1 Å². The normalized spacial score (nSPS) is 12.3. The van der Waals surface area contributed by atoms with Gasteiger partial charge in [0.15, 0.2) is 6.30 Å². The smallest absolute Gasteiger partial charge is 0.409 e. The minimum atomic E-state index is -1.51. The summed E-state index contributed by atoms with van der Waals surface area (Å²) in [6.45, 7) is 1.84. The Balaban J connectivity index is 1.90. The second-order valence-corrected chi connectivity index (χ2v) is 4.52. The SMILES string of the molecule is CCCC(F)N(CCOc1ccc2n[nH]nc2c1)C(=O)O. The highest BCUT2D eigenvalue weighted by molar-refractivity contribution is 5.75. The number of nitrogens with one attached hydrogen (secondary N) is 1. The maximum Gasteiger partial charge on any atom is 0.409 e. The average molecular weight is 296 g/mol. The van der Waals surface area contributed by atoms with Gasteiger partial charge in [0.1, 0.15) is 23.4 Å². The van der Waals surface area contributed by atoms with Gasteiger partial charge in [-0.25, -0.2) is 9.18 Å². The maximum atomic E-state index is 13.7. The molecule has 0 saturated carbocycles. The number of amides is 1. The highest BCUT2D eigenvalue weighted by Crippen LogP contribution is 2.17. The summed E-state index contributed by atoms with van der Waals surface area (Å²) >= 11 is 0. The van der Waals surface area contributed by atoms with Gasteiger partial charge in [0.25, 0.3) is 0 Å². The number of carboxylic acid groups (broad SMARTS) is 1. The average Bonchev–Trinajstić information content (AvgIpc) is 2.90. The number of benzene rings is 1. The van der Waals surface area contributed by atoms with Gasteiger partial charge < -0.3 is 9.84 Å². The van der Waals surface area contributed by atoms with Crippen molar-refractivity contribution in [3.05, 3.63) is 18.2 Å². The number of nitrogens with zero attached hydrogens (tertiary/aromatic N) is 3. The number of halogens is 1. The Hall–Kier alpha value is -2.38. The fourth-order valence-corrected chi connectivity index (χ4v) is 1.92. The molecule has 114 valence electrons. The molecule has 21 heavy (non-hydrogen) atoms. The number of fused-ring (bicyclic) bond motifs is 1. The van der Waals surface area contributed by atoms with Crippen molar-refractivity contribution in [1.29, 1.82) is 0 Å². The molecular formula is C13H17FN4O3. The van der Waals surface area contributed by atoms with Gasteiger partial charge in [0, 0.05) is 6.07 Å². The van der Waals surface area contributed by atoms with E-state index in [1.165, 1.54) is 0 Å². The third-order valence-corrected chi connectivity index (χ3v) is 3.00. The van der Waals surface area contributed by atoms with E-state index in [9.17, 15) is 9.18 Å². The molecule has 1 aromatic heterocycles. The zero-order chi connectivity index (χ0) is 15.2. The molecule has 0 saturated heterocycles. The van der Waals surface area contributed by atoms with Crippen LogP contribution in [-0.4, -0.2) is 51.0 Å². The Kier molecular flexibility index (Phi) is 4.91. The molecule has 0 aliphatic rings. The van der Waals surface area contributed by atoms with Crippen LogP contribution in [0.2, 0.25) is 0 Å². The van der Waals surface area contributed by atoms with Crippen LogP contribution in [-0.2, 0) is 0 Å². The topological polar surface area (TPSA) is 91.3 Å². The lowest BCUT2D eigenvalue weighted by molar-refractivity contribution is 0.0574. The Morgan fingerprint density at radius 1 is 1.48 bits per heavy atom. The Bertz CT molecular complexity index is 604. The predicted molar refractivity (Wildman–Crippen MR) is 73.9 cm³/mol. The molecule has 2 N–H and O–H groups in total. The molecule has 2 rings (SSSR count). The third kappa shape index (κ3) is 3.80. The Morgan fingerprint density at radius 3 is 2.95 bits per heavy atom. The van der Waals surface area contributed by atoms with E-state index in [1.807, 2.05) is 0 Å². The summed E-state index contributed by atoms with van der Waals surface area (Å²) in [5, 5.41) is 19.3.